The molecule has 2 aromatic carbocycles. The molecule has 7 nitrogen and oxygen atoms in total. The van der Waals surface area contributed by atoms with Crippen molar-refractivity contribution in [3.63, 3.8) is 0 Å². The summed E-state index contributed by atoms with van der Waals surface area (Å²) in [6.45, 7) is 1.31. The maximum atomic E-state index is 12.8. The summed E-state index contributed by atoms with van der Waals surface area (Å²) in [6, 6.07) is 18.3. The summed E-state index contributed by atoms with van der Waals surface area (Å²) in [5.41, 5.74) is 1.94. The molecule has 1 saturated heterocycles. The van der Waals surface area contributed by atoms with E-state index >= 15 is 0 Å². The molecule has 0 unspecified atom stereocenters. The first kappa shape index (κ1) is 21.5. The lowest BCUT2D eigenvalue weighted by Crippen LogP contribution is -2.45. The molecule has 1 aliphatic heterocycles. The molecule has 1 N–H and O–H groups in total. The Morgan fingerprint density at radius 3 is 2.66 bits per heavy atom. The SMILES string of the molecule is COc1cc(CNC(=O)[C@@H]2CCCN2C(=O)c2ccco2)ccc1OCc1ccccc1. The number of ether oxygens (including phenoxy) is 2. The standard InChI is InChI=1S/C25H26N2O5/c1-30-23-15-19(11-12-21(23)32-17-18-7-3-2-4-8-18)16-26-24(28)20-9-5-13-27(20)25(29)22-10-6-14-31-22/h2-4,6-8,10-12,14-15,20H,5,9,13,16-17H2,1H3,(H,26,28)/t20-/m0/s1. The van der Waals surface area contributed by atoms with E-state index in [0.29, 0.717) is 37.6 Å². The summed E-state index contributed by atoms with van der Waals surface area (Å²) in [6.07, 6.45) is 2.87. The van der Waals surface area contributed by atoms with Crippen LogP contribution in [0.25, 0.3) is 0 Å². The van der Waals surface area contributed by atoms with E-state index in [0.717, 1.165) is 17.5 Å². The van der Waals surface area contributed by atoms with E-state index in [9.17, 15) is 9.59 Å². The molecule has 4 rings (SSSR count). The largest absolute Gasteiger partial charge is 0.493 e. The third-order valence-corrected chi connectivity index (χ3v) is 5.48. The van der Waals surface area contributed by atoms with Crippen LogP contribution in [0, 0.1) is 0 Å². The van der Waals surface area contributed by atoms with Crippen LogP contribution in [-0.2, 0) is 17.9 Å². The minimum Gasteiger partial charge on any atom is -0.493 e. The summed E-state index contributed by atoms with van der Waals surface area (Å²) in [5, 5.41) is 2.94. The summed E-state index contributed by atoms with van der Waals surface area (Å²) in [4.78, 5) is 27.0. The van der Waals surface area contributed by atoms with Gasteiger partial charge in [0.2, 0.25) is 5.91 Å². The molecule has 0 aliphatic carbocycles. The van der Waals surface area contributed by atoms with Gasteiger partial charge in [-0.15, -0.1) is 0 Å². The second-order valence-electron chi connectivity index (χ2n) is 7.61. The number of carbonyl (C=O) groups is 2. The summed E-state index contributed by atoms with van der Waals surface area (Å²) >= 11 is 0. The van der Waals surface area contributed by atoms with Crippen molar-refractivity contribution in [3.05, 3.63) is 83.8 Å². The van der Waals surface area contributed by atoms with Crippen LogP contribution >= 0.6 is 0 Å². The number of methoxy groups -OCH3 is 1. The second-order valence-corrected chi connectivity index (χ2v) is 7.61. The van der Waals surface area contributed by atoms with Crippen LogP contribution < -0.4 is 14.8 Å². The number of furan rings is 1. The zero-order valence-electron chi connectivity index (χ0n) is 18.0. The molecule has 1 aliphatic rings. The van der Waals surface area contributed by atoms with Gasteiger partial charge in [0, 0.05) is 13.1 Å². The Bertz CT molecular complexity index is 1050. The quantitative estimate of drug-likeness (QED) is 0.583. The number of hydrogen-bond donors (Lipinski definition) is 1. The average Bonchev–Trinajstić information content (AvgIpc) is 3.54. The molecule has 1 aromatic heterocycles. The average molecular weight is 434 g/mol. The highest BCUT2D eigenvalue weighted by molar-refractivity contribution is 5.95. The van der Waals surface area contributed by atoms with Crippen LogP contribution in [0.4, 0.5) is 0 Å². The van der Waals surface area contributed by atoms with Crippen LogP contribution in [-0.4, -0.2) is 36.4 Å². The van der Waals surface area contributed by atoms with Crippen molar-refractivity contribution in [2.75, 3.05) is 13.7 Å². The van der Waals surface area contributed by atoms with Gasteiger partial charge in [0.1, 0.15) is 12.6 Å². The number of nitrogens with one attached hydrogen (secondary N) is 1. The number of benzene rings is 2. The van der Waals surface area contributed by atoms with Gasteiger partial charge in [-0.2, -0.15) is 0 Å². The highest BCUT2D eigenvalue weighted by Crippen LogP contribution is 2.29. The Labute approximate surface area is 186 Å². The number of nitrogens with zero attached hydrogens (tertiary/aromatic N) is 1. The number of rotatable bonds is 8. The van der Waals surface area contributed by atoms with Crippen molar-refractivity contribution in [2.45, 2.75) is 32.0 Å². The van der Waals surface area contributed by atoms with Crippen molar-refractivity contribution in [2.24, 2.45) is 0 Å². The highest BCUT2D eigenvalue weighted by atomic mass is 16.5. The smallest absolute Gasteiger partial charge is 0.290 e. The van der Waals surface area contributed by atoms with Crippen LogP contribution in [0.1, 0.15) is 34.5 Å². The molecule has 2 amide bonds. The van der Waals surface area contributed by atoms with Crippen molar-refractivity contribution in [3.8, 4) is 11.5 Å². The maximum Gasteiger partial charge on any atom is 0.290 e. The van der Waals surface area contributed by atoms with Crippen LogP contribution in [0.2, 0.25) is 0 Å². The third-order valence-electron chi connectivity index (χ3n) is 5.48. The van der Waals surface area contributed by atoms with E-state index in [1.54, 1.807) is 24.1 Å². The van der Waals surface area contributed by atoms with E-state index in [-0.39, 0.29) is 17.6 Å². The van der Waals surface area contributed by atoms with Gasteiger partial charge in [-0.1, -0.05) is 36.4 Å². The number of hydrogen-bond acceptors (Lipinski definition) is 5. The lowest BCUT2D eigenvalue weighted by atomic mass is 10.1. The molecule has 0 bridgehead atoms. The molecule has 1 atom stereocenters. The molecular formula is C25H26N2O5. The predicted octanol–water partition coefficient (Wildman–Crippen LogP) is 3.79. The lowest BCUT2D eigenvalue weighted by Gasteiger charge is -2.23. The first-order chi connectivity index (χ1) is 15.7. The molecule has 2 heterocycles. The Balaban J connectivity index is 1.35. The molecular weight excluding hydrogens is 408 g/mol. The summed E-state index contributed by atoms with van der Waals surface area (Å²) in [7, 11) is 1.59. The topological polar surface area (TPSA) is 81.0 Å². The zero-order valence-corrected chi connectivity index (χ0v) is 18.0. The van der Waals surface area contributed by atoms with Gasteiger partial charge in [0.15, 0.2) is 17.3 Å². The molecule has 32 heavy (non-hydrogen) atoms. The number of amides is 2. The Morgan fingerprint density at radius 2 is 1.91 bits per heavy atom. The van der Waals surface area contributed by atoms with Crippen molar-refractivity contribution in [1.82, 2.24) is 10.2 Å². The molecule has 1 fully saturated rings. The molecule has 7 heteroatoms. The van der Waals surface area contributed by atoms with Gasteiger partial charge >= 0.3 is 0 Å². The zero-order chi connectivity index (χ0) is 22.3. The normalized spacial score (nSPS) is 15.4. The van der Waals surface area contributed by atoms with Gasteiger partial charge in [-0.3, -0.25) is 9.59 Å². The van der Waals surface area contributed by atoms with Crippen molar-refractivity contribution in [1.29, 1.82) is 0 Å². The van der Waals surface area contributed by atoms with Gasteiger partial charge in [-0.25, -0.2) is 0 Å². The fraction of sp³-hybridized carbons (Fsp3) is 0.280. The minimum atomic E-state index is -0.497. The second kappa shape index (κ2) is 10.0. The first-order valence-corrected chi connectivity index (χ1v) is 10.6. The summed E-state index contributed by atoms with van der Waals surface area (Å²) < 4.78 is 16.6. The fourth-order valence-corrected chi connectivity index (χ4v) is 3.81. The molecule has 3 aromatic rings. The van der Waals surface area contributed by atoms with Crippen LogP contribution in [0.15, 0.2) is 71.3 Å². The highest BCUT2D eigenvalue weighted by Gasteiger charge is 2.35. The molecule has 0 spiro atoms. The van der Waals surface area contributed by atoms with E-state index in [1.807, 2.05) is 48.5 Å². The Hall–Kier alpha value is -3.74. The minimum absolute atomic E-state index is 0.175. The fourth-order valence-electron chi connectivity index (χ4n) is 3.81. The predicted molar refractivity (Wildman–Crippen MR) is 118 cm³/mol. The van der Waals surface area contributed by atoms with E-state index in [4.69, 9.17) is 13.9 Å². The number of carbonyl (C=O) groups excluding carboxylic acids is 2. The van der Waals surface area contributed by atoms with Gasteiger partial charge < -0.3 is 24.1 Å². The van der Waals surface area contributed by atoms with Gasteiger partial charge in [0.05, 0.1) is 13.4 Å². The van der Waals surface area contributed by atoms with E-state index in [1.165, 1.54) is 6.26 Å². The molecule has 166 valence electrons. The van der Waals surface area contributed by atoms with Crippen LogP contribution in [0.5, 0.6) is 11.5 Å². The molecule has 0 saturated carbocycles. The van der Waals surface area contributed by atoms with Crippen molar-refractivity contribution < 1.29 is 23.5 Å². The molecule has 0 radical (unpaired) electrons. The van der Waals surface area contributed by atoms with E-state index < -0.39 is 6.04 Å². The Kier molecular flexibility index (Phi) is 6.75. The maximum absolute atomic E-state index is 12.8. The van der Waals surface area contributed by atoms with Crippen LogP contribution in [0.3, 0.4) is 0 Å². The first-order valence-electron chi connectivity index (χ1n) is 10.6. The summed E-state index contributed by atoms with van der Waals surface area (Å²) in [5.74, 6) is 1.06. The van der Waals surface area contributed by atoms with E-state index in [2.05, 4.69) is 5.32 Å². The third kappa shape index (κ3) is 4.94. The Morgan fingerprint density at radius 1 is 1.06 bits per heavy atom. The van der Waals surface area contributed by atoms with Crippen molar-refractivity contribution >= 4 is 11.8 Å². The van der Waals surface area contributed by atoms with Gasteiger partial charge in [-0.05, 0) is 48.2 Å². The lowest BCUT2D eigenvalue weighted by molar-refractivity contribution is -0.125. The number of likely N-dealkylation sites (tertiary alicyclic amines) is 1. The van der Waals surface area contributed by atoms with Gasteiger partial charge in [0.25, 0.3) is 5.91 Å². The monoisotopic (exact) mass is 434 g/mol.